The molecule has 3 N–H and O–H groups in total. The largest absolute Gasteiger partial charge is 0.382 e. The number of aromatic nitrogens is 4. The van der Waals surface area contributed by atoms with Gasteiger partial charge in [-0.2, -0.15) is 5.10 Å². The molecule has 3 rings (SSSR count). The van der Waals surface area contributed by atoms with Crippen LogP contribution in [0, 0.1) is 0 Å². The molecule has 1 aliphatic heterocycles. The average molecular weight is 330 g/mol. The number of hydrogen-bond donors (Lipinski definition) is 2. The van der Waals surface area contributed by atoms with Gasteiger partial charge in [0.2, 0.25) is 0 Å². The number of morpholine rings is 1. The van der Waals surface area contributed by atoms with E-state index in [-0.39, 0.29) is 17.4 Å². The topological polar surface area (TPSA) is 110 Å². The number of hydrogen-bond acceptors (Lipinski definition) is 6. The molecular weight excluding hydrogens is 308 g/mol. The maximum Gasteiger partial charge on any atom is 0.274 e. The fraction of sp³-hybridized carbons (Fsp3) is 0.500. The highest BCUT2D eigenvalue weighted by molar-refractivity contribution is 5.92. The number of ether oxygens (including phenoxy) is 1. The molecule has 0 aromatic carbocycles. The summed E-state index contributed by atoms with van der Waals surface area (Å²) in [5.74, 6) is 0.198. The Hall–Kier alpha value is -2.48. The van der Waals surface area contributed by atoms with Gasteiger partial charge in [0, 0.05) is 30.0 Å². The zero-order chi connectivity index (χ0) is 17.3. The second-order valence-electron chi connectivity index (χ2n) is 6.85. The maximum atomic E-state index is 12.7. The first-order valence-electron chi connectivity index (χ1n) is 7.89. The lowest BCUT2D eigenvalue weighted by molar-refractivity contribution is -0.0246. The Kier molecular flexibility index (Phi) is 4.23. The number of rotatable bonds is 2. The van der Waals surface area contributed by atoms with E-state index >= 15 is 0 Å². The van der Waals surface area contributed by atoms with Crippen molar-refractivity contribution in [2.45, 2.75) is 32.3 Å². The normalized spacial score (nSPS) is 18.6. The number of nitrogen functional groups attached to an aromatic ring is 1. The van der Waals surface area contributed by atoms with Crippen LogP contribution in [0.2, 0.25) is 0 Å². The number of nitrogens with zero attached hydrogens (tertiary/aromatic N) is 4. The second kappa shape index (κ2) is 6.20. The van der Waals surface area contributed by atoms with Crippen LogP contribution in [0.15, 0.2) is 18.5 Å². The first kappa shape index (κ1) is 16.4. The number of carbonyl (C=O) groups is 1. The first-order valence-corrected chi connectivity index (χ1v) is 7.89. The van der Waals surface area contributed by atoms with Crippen molar-refractivity contribution < 1.29 is 9.53 Å². The molecule has 24 heavy (non-hydrogen) atoms. The molecule has 1 fully saturated rings. The molecule has 3 heterocycles. The zero-order valence-electron chi connectivity index (χ0n) is 14.1. The molecule has 0 bridgehead atoms. The number of nitrogens with one attached hydrogen (secondary N) is 1. The van der Waals surface area contributed by atoms with Crippen molar-refractivity contribution in [2.75, 3.05) is 25.4 Å². The fourth-order valence-corrected chi connectivity index (χ4v) is 2.58. The fourth-order valence-electron chi connectivity index (χ4n) is 2.58. The predicted octanol–water partition coefficient (Wildman–Crippen LogP) is 1.29. The molecule has 0 aliphatic carbocycles. The molecule has 1 atom stereocenters. The van der Waals surface area contributed by atoms with Crippen molar-refractivity contribution in [3.63, 3.8) is 0 Å². The number of aromatic amines is 1. The van der Waals surface area contributed by atoms with Crippen LogP contribution in [-0.2, 0) is 10.2 Å². The van der Waals surface area contributed by atoms with Gasteiger partial charge in [-0.15, -0.1) is 0 Å². The Balaban J connectivity index is 1.76. The van der Waals surface area contributed by atoms with E-state index in [2.05, 4.69) is 40.9 Å². The Morgan fingerprint density at radius 2 is 2.12 bits per heavy atom. The Bertz CT molecular complexity index is 736. The van der Waals surface area contributed by atoms with Gasteiger partial charge < -0.3 is 15.4 Å². The van der Waals surface area contributed by atoms with Crippen LogP contribution >= 0.6 is 0 Å². The smallest absolute Gasteiger partial charge is 0.274 e. The monoisotopic (exact) mass is 330 g/mol. The molecule has 0 unspecified atom stereocenters. The second-order valence-corrected chi connectivity index (χ2v) is 6.85. The summed E-state index contributed by atoms with van der Waals surface area (Å²) in [5, 5.41) is 7.11. The molecule has 2 aromatic rings. The van der Waals surface area contributed by atoms with Gasteiger partial charge in [-0.1, -0.05) is 20.8 Å². The van der Waals surface area contributed by atoms with Gasteiger partial charge >= 0.3 is 0 Å². The molecule has 8 nitrogen and oxygen atoms in total. The lowest BCUT2D eigenvalue weighted by Gasteiger charge is -2.32. The quantitative estimate of drug-likeness (QED) is 0.858. The van der Waals surface area contributed by atoms with Crippen molar-refractivity contribution in [3.05, 3.63) is 35.5 Å². The summed E-state index contributed by atoms with van der Waals surface area (Å²) in [6, 6.07) is 1.81. The SMILES string of the molecule is CC(C)(C)c1cc(C(=O)N2CCO[C@H](c3nccnc3N)C2)n[nH]1. The summed E-state index contributed by atoms with van der Waals surface area (Å²) in [7, 11) is 0. The van der Waals surface area contributed by atoms with Gasteiger partial charge in [0.05, 0.1) is 13.2 Å². The highest BCUT2D eigenvalue weighted by Gasteiger charge is 2.30. The van der Waals surface area contributed by atoms with E-state index in [1.165, 1.54) is 6.20 Å². The van der Waals surface area contributed by atoms with Crippen molar-refractivity contribution in [3.8, 4) is 0 Å². The van der Waals surface area contributed by atoms with Crippen LogP contribution in [0.3, 0.4) is 0 Å². The van der Waals surface area contributed by atoms with Crippen LogP contribution in [0.1, 0.15) is 48.8 Å². The molecule has 0 radical (unpaired) electrons. The maximum absolute atomic E-state index is 12.7. The molecule has 128 valence electrons. The number of carbonyl (C=O) groups excluding carboxylic acids is 1. The summed E-state index contributed by atoms with van der Waals surface area (Å²) in [4.78, 5) is 22.7. The molecule has 2 aromatic heterocycles. The van der Waals surface area contributed by atoms with Crippen LogP contribution < -0.4 is 5.73 Å². The molecule has 1 amide bonds. The minimum atomic E-state index is -0.377. The summed E-state index contributed by atoms with van der Waals surface area (Å²) < 4.78 is 5.72. The lowest BCUT2D eigenvalue weighted by atomic mass is 9.92. The average Bonchev–Trinajstić information content (AvgIpc) is 3.05. The number of nitrogens with two attached hydrogens (primary N) is 1. The van der Waals surface area contributed by atoms with E-state index in [1.807, 2.05) is 6.07 Å². The van der Waals surface area contributed by atoms with Gasteiger partial charge in [0.1, 0.15) is 23.3 Å². The third-order valence-corrected chi connectivity index (χ3v) is 4.02. The Morgan fingerprint density at radius 1 is 1.38 bits per heavy atom. The Morgan fingerprint density at radius 3 is 2.79 bits per heavy atom. The number of H-pyrrole nitrogens is 1. The highest BCUT2D eigenvalue weighted by Crippen LogP contribution is 2.25. The molecule has 1 aliphatic rings. The van der Waals surface area contributed by atoms with Gasteiger partial charge in [-0.25, -0.2) is 4.98 Å². The van der Waals surface area contributed by atoms with Gasteiger partial charge in [0.25, 0.3) is 5.91 Å². The van der Waals surface area contributed by atoms with Crippen LogP contribution in [-0.4, -0.2) is 50.7 Å². The standard InChI is InChI=1S/C16H22N6O2/c1-16(2,3)12-8-10(20-21-12)15(23)22-6-7-24-11(9-22)13-14(17)19-5-4-18-13/h4-5,8,11H,6-7,9H2,1-3H3,(H2,17,19)(H,20,21)/t11-/m0/s1. The highest BCUT2D eigenvalue weighted by atomic mass is 16.5. The number of anilines is 1. The van der Waals surface area contributed by atoms with Gasteiger partial charge in [0.15, 0.2) is 0 Å². The van der Waals surface area contributed by atoms with Crippen molar-refractivity contribution in [1.29, 1.82) is 0 Å². The van der Waals surface area contributed by atoms with Crippen molar-refractivity contribution in [1.82, 2.24) is 25.1 Å². The minimum Gasteiger partial charge on any atom is -0.382 e. The summed E-state index contributed by atoms with van der Waals surface area (Å²) in [6.07, 6.45) is 2.72. The van der Waals surface area contributed by atoms with Gasteiger partial charge in [-0.05, 0) is 6.07 Å². The van der Waals surface area contributed by atoms with Crippen molar-refractivity contribution in [2.24, 2.45) is 0 Å². The van der Waals surface area contributed by atoms with E-state index < -0.39 is 0 Å². The Labute approximate surface area is 140 Å². The van der Waals surface area contributed by atoms with E-state index in [0.29, 0.717) is 36.9 Å². The van der Waals surface area contributed by atoms with Crippen molar-refractivity contribution >= 4 is 11.7 Å². The summed E-state index contributed by atoms with van der Waals surface area (Å²) >= 11 is 0. The lowest BCUT2D eigenvalue weighted by Crippen LogP contribution is -2.42. The first-order chi connectivity index (χ1) is 11.4. The predicted molar refractivity (Wildman–Crippen MR) is 88.3 cm³/mol. The third-order valence-electron chi connectivity index (χ3n) is 4.02. The van der Waals surface area contributed by atoms with Crippen LogP contribution in [0.4, 0.5) is 5.82 Å². The molecule has 1 saturated heterocycles. The summed E-state index contributed by atoms with van der Waals surface area (Å²) in [5.41, 5.74) is 7.67. The molecule has 0 spiro atoms. The molecular formula is C16H22N6O2. The zero-order valence-corrected chi connectivity index (χ0v) is 14.1. The van der Waals surface area contributed by atoms with E-state index in [4.69, 9.17) is 10.5 Å². The van der Waals surface area contributed by atoms with E-state index in [0.717, 1.165) is 5.69 Å². The third kappa shape index (κ3) is 3.23. The van der Waals surface area contributed by atoms with Crippen LogP contribution in [0.5, 0.6) is 0 Å². The minimum absolute atomic E-state index is 0.0901. The van der Waals surface area contributed by atoms with Gasteiger partial charge in [-0.3, -0.25) is 14.9 Å². The number of amides is 1. The van der Waals surface area contributed by atoms with E-state index in [9.17, 15) is 4.79 Å². The molecule has 0 saturated carbocycles. The van der Waals surface area contributed by atoms with E-state index in [1.54, 1.807) is 11.1 Å². The summed E-state index contributed by atoms with van der Waals surface area (Å²) in [6.45, 7) is 7.50. The van der Waals surface area contributed by atoms with Crippen LogP contribution in [0.25, 0.3) is 0 Å². The molecule has 8 heteroatoms.